The first-order valence-electron chi connectivity index (χ1n) is 13.5. The quantitative estimate of drug-likeness (QED) is 0.334. The van der Waals surface area contributed by atoms with Gasteiger partial charge in [-0.25, -0.2) is 0 Å². The molecular weight excluding hydrogens is 472 g/mol. The molecule has 0 amide bonds. The molecule has 4 N–H and O–H groups in total. The molecule has 0 saturated heterocycles. The van der Waals surface area contributed by atoms with Crippen molar-refractivity contribution >= 4 is 17.3 Å². The second-order valence-corrected chi connectivity index (χ2v) is 14.2. The molecule has 37 heavy (non-hydrogen) atoms. The first kappa shape index (κ1) is 28.3. The maximum atomic E-state index is 14.2. The largest absolute Gasteiger partial charge is 0.393 e. The Kier molecular flexibility index (Phi) is 6.26. The Hall–Kier alpha value is -1.67. The van der Waals surface area contributed by atoms with Crippen molar-refractivity contribution in [3.05, 3.63) is 23.8 Å². The number of aliphatic hydroxyl groups excluding tert-OH is 2. The van der Waals surface area contributed by atoms with Crippen LogP contribution in [0.15, 0.2) is 23.8 Å². The molecule has 7 nitrogen and oxygen atoms in total. The van der Waals surface area contributed by atoms with Crippen molar-refractivity contribution < 1.29 is 34.8 Å². The van der Waals surface area contributed by atoms with E-state index < -0.39 is 56.8 Å². The highest BCUT2D eigenvalue weighted by Crippen LogP contribution is 2.74. The number of aliphatic hydroxyl groups is 4. The average molecular weight is 517 g/mol. The minimum atomic E-state index is -1.95. The first-order valence-corrected chi connectivity index (χ1v) is 13.5. The third-order valence-corrected chi connectivity index (χ3v) is 11.1. The van der Waals surface area contributed by atoms with Crippen LogP contribution in [0.4, 0.5) is 0 Å². The lowest BCUT2D eigenvalue weighted by Gasteiger charge is -2.64. The summed E-state index contributed by atoms with van der Waals surface area (Å²) in [7, 11) is 0. The zero-order valence-corrected chi connectivity index (χ0v) is 23.5. The van der Waals surface area contributed by atoms with Crippen LogP contribution < -0.4 is 0 Å². The monoisotopic (exact) mass is 516 g/mol. The Bertz CT molecular complexity index is 1090. The lowest BCUT2D eigenvalue weighted by atomic mass is 9.38. The van der Waals surface area contributed by atoms with Crippen molar-refractivity contribution in [2.45, 2.75) is 104 Å². The van der Waals surface area contributed by atoms with Gasteiger partial charge in [0.15, 0.2) is 11.6 Å². The van der Waals surface area contributed by atoms with E-state index in [9.17, 15) is 34.8 Å². The first-order chi connectivity index (χ1) is 16.7. The van der Waals surface area contributed by atoms with Crippen LogP contribution in [0, 0.1) is 39.4 Å². The molecule has 0 aromatic carbocycles. The molecule has 4 aliphatic rings. The normalized spacial score (nSPS) is 45.1. The second-order valence-electron chi connectivity index (χ2n) is 14.2. The molecule has 0 aliphatic heterocycles. The zero-order valence-electron chi connectivity index (χ0n) is 23.5. The van der Waals surface area contributed by atoms with Crippen molar-refractivity contribution in [2.75, 3.05) is 0 Å². The molecule has 3 saturated carbocycles. The van der Waals surface area contributed by atoms with Gasteiger partial charge in [-0.2, -0.15) is 0 Å². The average Bonchev–Trinajstić information content (AvgIpc) is 2.96. The van der Waals surface area contributed by atoms with Crippen molar-refractivity contribution in [3.8, 4) is 0 Å². The molecule has 9 atom stereocenters. The molecule has 0 heterocycles. The SMILES string of the molecule is CC(C)(O)C=CC(=O)[C@](C)(O)C1C(O)C[C@@]2(C)[C@@H]3CC=C4[C@H](CC(O)C(=O)C4(C)C)[C@]3(C)C(=O)C[C@]12C. The summed E-state index contributed by atoms with van der Waals surface area (Å²) in [5.41, 5.74) is -5.46. The van der Waals surface area contributed by atoms with E-state index in [1.165, 1.54) is 32.9 Å². The van der Waals surface area contributed by atoms with Crippen molar-refractivity contribution in [2.24, 2.45) is 39.4 Å². The second kappa shape index (κ2) is 8.17. The van der Waals surface area contributed by atoms with Crippen LogP contribution in [-0.2, 0) is 14.4 Å². The lowest BCUT2D eigenvalue weighted by molar-refractivity contribution is -0.183. The van der Waals surface area contributed by atoms with Crippen LogP contribution >= 0.6 is 0 Å². The van der Waals surface area contributed by atoms with Crippen molar-refractivity contribution in [1.29, 1.82) is 0 Å². The number of carbonyl (C=O) groups excluding carboxylic acids is 3. The molecule has 0 radical (unpaired) electrons. The number of hydrogen-bond donors (Lipinski definition) is 4. The van der Waals surface area contributed by atoms with Gasteiger partial charge in [-0.15, -0.1) is 0 Å². The van der Waals surface area contributed by atoms with E-state index in [-0.39, 0.29) is 36.2 Å². The summed E-state index contributed by atoms with van der Waals surface area (Å²) in [5, 5.41) is 43.7. The molecule has 3 fully saturated rings. The Morgan fingerprint density at radius 2 is 1.62 bits per heavy atom. The number of Topliss-reactive ketones (excluding diaryl/α,β-unsaturated/α-hetero) is 2. The standard InChI is InChI=1S/C30H44O7/c1-25(2,36)12-11-21(33)30(8,37)23-19(32)14-27(5)20-10-9-16-17(13-18(31)24(35)26(16,3)4)29(20,7)22(34)15-28(23,27)6/h9,11-12,17-20,23,31-32,36-37H,10,13-15H2,1-8H3/t17-,18?,19?,20-,23?,27-,28+,29-,30-/m0/s1. The third kappa shape index (κ3) is 3.71. The van der Waals surface area contributed by atoms with Gasteiger partial charge in [0, 0.05) is 23.2 Å². The number of allylic oxidation sites excluding steroid dienone is 2. The summed E-state index contributed by atoms with van der Waals surface area (Å²) in [6, 6.07) is 0. The third-order valence-electron chi connectivity index (χ3n) is 11.1. The van der Waals surface area contributed by atoms with Crippen molar-refractivity contribution in [3.63, 3.8) is 0 Å². The maximum Gasteiger partial charge on any atom is 0.187 e. The summed E-state index contributed by atoms with van der Waals surface area (Å²) < 4.78 is 0. The highest BCUT2D eigenvalue weighted by Gasteiger charge is 2.74. The highest BCUT2D eigenvalue weighted by molar-refractivity contribution is 5.98. The fraction of sp³-hybridized carbons (Fsp3) is 0.767. The van der Waals surface area contributed by atoms with Crippen LogP contribution in [0.5, 0.6) is 0 Å². The lowest BCUT2D eigenvalue weighted by Crippen LogP contribution is -2.65. The molecule has 0 aromatic rings. The minimum absolute atomic E-state index is 0.0141. The molecule has 0 bridgehead atoms. The van der Waals surface area contributed by atoms with Gasteiger partial charge in [0.05, 0.1) is 11.7 Å². The van der Waals surface area contributed by atoms with E-state index in [0.29, 0.717) is 12.8 Å². The van der Waals surface area contributed by atoms with Gasteiger partial charge in [-0.1, -0.05) is 38.5 Å². The fourth-order valence-electron chi connectivity index (χ4n) is 9.00. The van der Waals surface area contributed by atoms with Gasteiger partial charge < -0.3 is 20.4 Å². The van der Waals surface area contributed by atoms with E-state index in [1.807, 2.05) is 27.7 Å². The van der Waals surface area contributed by atoms with Crippen LogP contribution in [0.2, 0.25) is 0 Å². The van der Waals surface area contributed by atoms with Gasteiger partial charge in [0.2, 0.25) is 0 Å². The van der Waals surface area contributed by atoms with Crippen LogP contribution in [0.1, 0.15) is 81.1 Å². The number of ketones is 3. The number of carbonyl (C=O) groups is 3. The van der Waals surface area contributed by atoms with E-state index in [4.69, 9.17) is 0 Å². The maximum absolute atomic E-state index is 14.2. The van der Waals surface area contributed by atoms with Crippen molar-refractivity contribution in [1.82, 2.24) is 0 Å². The number of rotatable bonds is 4. The number of fused-ring (bicyclic) bond motifs is 5. The molecule has 206 valence electrons. The Morgan fingerprint density at radius 3 is 2.19 bits per heavy atom. The summed E-state index contributed by atoms with van der Waals surface area (Å²) in [6.07, 6.45) is 3.54. The van der Waals surface area contributed by atoms with E-state index in [2.05, 4.69) is 13.0 Å². The molecule has 3 unspecified atom stereocenters. The molecule has 4 rings (SSSR count). The topological polar surface area (TPSA) is 132 Å². The summed E-state index contributed by atoms with van der Waals surface area (Å²) in [5.74, 6) is -2.24. The van der Waals surface area contributed by atoms with E-state index in [1.54, 1.807) is 0 Å². The zero-order chi connectivity index (χ0) is 28.1. The van der Waals surface area contributed by atoms with Gasteiger partial charge in [0.1, 0.15) is 17.5 Å². The summed E-state index contributed by atoms with van der Waals surface area (Å²) >= 11 is 0. The smallest absolute Gasteiger partial charge is 0.187 e. The van der Waals surface area contributed by atoms with Crippen LogP contribution in [0.25, 0.3) is 0 Å². The van der Waals surface area contributed by atoms with Crippen LogP contribution in [0.3, 0.4) is 0 Å². The van der Waals surface area contributed by atoms with Gasteiger partial charge >= 0.3 is 0 Å². The minimum Gasteiger partial charge on any atom is -0.393 e. The Morgan fingerprint density at radius 1 is 1.03 bits per heavy atom. The molecule has 0 aromatic heterocycles. The fourth-order valence-corrected chi connectivity index (χ4v) is 9.00. The van der Waals surface area contributed by atoms with E-state index >= 15 is 0 Å². The Balaban J connectivity index is 1.80. The predicted molar refractivity (Wildman–Crippen MR) is 138 cm³/mol. The molecule has 0 spiro atoms. The molecule has 4 aliphatic carbocycles. The van der Waals surface area contributed by atoms with E-state index in [0.717, 1.165) is 5.57 Å². The molecule has 7 heteroatoms. The number of hydrogen-bond acceptors (Lipinski definition) is 7. The van der Waals surface area contributed by atoms with Gasteiger partial charge in [-0.05, 0) is 82.6 Å². The summed E-state index contributed by atoms with van der Waals surface area (Å²) in [6.45, 7) is 14.0. The highest BCUT2D eigenvalue weighted by atomic mass is 16.3. The summed E-state index contributed by atoms with van der Waals surface area (Å²) in [4.78, 5) is 40.2. The van der Waals surface area contributed by atoms with Crippen LogP contribution in [-0.4, -0.2) is 61.2 Å². The van der Waals surface area contributed by atoms with Gasteiger partial charge in [0.25, 0.3) is 0 Å². The molecular formula is C30H44O7. The predicted octanol–water partition coefficient (Wildman–Crippen LogP) is 2.93. The van der Waals surface area contributed by atoms with Gasteiger partial charge in [-0.3, -0.25) is 14.4 Å². The Labute approximate surface area is 220 Å².